The van der Waals surface area contributed by atoms with E-state index in [1.165, 1.54) is 12.8 Å². The number of allylic oxidation sites excluding steroid dienone is 1. The minimum absolute atomic E-state index is 0.935. The first kappa shape index (κ1) is 13.2. The van der Waals surface area contributed by atoms with Gasteiger partial charge in [-0.3, -0.25) is 0 Å². The molecule has 0 atom stereocenters. The van der Waals surface area contributed by atoms with Gasteiger partial charge in [-0.2, -0.15) is 0 Å². The van der Waals surface area contributed by atoms with Crippen LogP contribution in [0, 0.1) is 5.92 Å². The predicted octanol–water partition coefficient (Wildman–Crippen LogP) is 3.18. The molecule has 1 N–H and O–H groups in total. The van der Waals surface area contributed by atoms with Crippen molar-refractivity contribution in [2.75, 3.05) is 7.05 Å². The standard InChI is InChI=1S/C6H14.C4H9N/c1-4-6(3)5-2;1-4(2)5-3/h6H,4-5H2,1-3H3;5H,1H2,2-3H3. The summed E-state index contributed by atoms with van der Waals surface area (Å²) >= 11 is 0. The van der Waals surface area contributed by atoms with Gasteiger partial charge in [-0.15, -0.1) is 0 Å². The molecule has 0 saturated heterocycles. The lowest BCUT2D eigenvalue weighted by molar-refractivity contribution is 0.544. The van der Waals surface area contributed by atoms with Crippen LogP contribution in [0.3, 0.4) is 0 Å². The average molecular weight is 157 g/mol. The summed E-state index contributed by atoms with van der Waals surface area (Å²) in [5.41, 5.74) is 1.00. The van der Waals surface area contributed by atoms with E-state index in [1.807, 2.05) is 14.0 Å². The highest BCUT2D eigenvalue weighted by atomic mass is 14.8. The molecule has 11 heavy (non-hydrogen) atoms. The van der Waals surface area contributed by atoms with Crippen molar-refractivity contribution >= 4 is 0 Å². The summed E-state index contributed by atoms with van der Waals surface area (Å²) in [5, 5.41) is 2.83. The Morgan fingerprint density at radius 1 is 1.36 bits per heavy atom. The Morgan fingerprint density at radius 3 is 1.64 bits per heavy atom. The van der Waals surface area contributed by atoms with E-state index >= 15 is 0 Å². The second kappa shape index (κ2) is 9.54. The van der Waals surface area contributed by atoms with E-state index in [9.17, 15) is 0 Å². The highest BCUT2D eigenvalue weighted by Gasteiger charge is 1.88. The molecule has 0 radical (unpaired) electrons. The molecular formula is C10H23N. The van der Waals surface area contributed by atoms with Crippen LogP contribution in [0.4, 0.5) is 0 Å². The Morgan fingerprint density at radius 2 is 1.64 bits per heavy atom. The average Bonchev–Trinajstić information content (AvgIpc) is 2.04. The van der Waals surface area contributed by atoms with Crippen LogP contribution in [0.5, 0.6) is 0 Å². The molecule has 68 valence electrons. The van der Waals surface area contributed by atoms with Gasteiger partial charge in [0.2, 0.25) is 0 Å². The molecular weight excluding hydrogens is 134 g/mol. The maximum Gasteiger partial charge on any atom is 0.00299 e. The first-order valence-corrected chi connectivity index (χ1v) is 4.41. The Labute approximate surface area is 71.9 Å². The molecule has 1 nitrogen and oxygen atoms in total. The van der Waals surface area contributed by atoms with Crippen molar-refractivity contribution in [1.29, 1.82) is 0 Å². The van der Waals surface area contributed by atoms with E-state index in [2.05, 4.69) is 32.7 Å². The molecule has 0 aliphatic heterocycles. The second-order valence-electron chi connectivity index (χ2n) is 2.95. The van der Waals surface area contributed by atoms with E-state index in [4.69, 9.17) is 0 Å². The SMILES string of the molecule is C=C(C)NC.CCC(C)CC. The fourth-order valence-corrected chi connectivity index (χ4v) is 0.289. The van der Waals surface area contributed by atoms with Crippen LogP contribution in [0.1, 0.15) is 40.5 Å². The molecule has 0 heterocycles. The fraction of sp³-hybridized carbons (Fsp3) is 0.800. The third-order valence-electron chi connectivity index (χ3n) is 1.82. The molecule has 1 heteroatoms. The van der Waals surface area contributed by atoms with Crippen molar-refractivity contribution in [2.45, 2.75) is 40.5 Å². The molecule has 0 saturated carbocycles. The first-order valence-electron chi connectivity index (χ1n) is 4.41. The van der Waals surface area contributed by atoms with Gasteiger partial charge < -0.3 is 5.32 Å². The number of hydrogen-bond acceptors (Lipinski definition) is 1. The van der Waals surface area contributed by atoms with Crippen LogP contribution in [0.25, 0.3) is 0 Å². The van der Waals surface area contributed by atoms with E-state index in [1.54, 1.807) is 0 Å². The van der Waals surface area contributed by atoms with Crippen LogP contribution in [-0.2, 0) is 0 Å². The van der Waals surface area contributed by atoms with E-state index < -0.39 is 0 Å². The monoisotopic (exact) mass is 157 g/mol. The molecule has 0 spiro atoms. The first-order chi connectivity index (χ1) is 5.08. The van der Waals surface area contributed by atoms with Crippen molar-refractivity contribution in [3.05, 3.63) is 12.3 Å². The van der Waals surface area contributed by atoms with E-state index in [0.717, 1.165) is 11.6 Å². The van der Waals surface area contributed by atoms with E-state index in [-0.39, 0.29) is 0 Å². The summed E-state index contributed by atoms with van der Waals surface area (Å²) in [6.45, 7) is 12.2. The quantitative estimate of drug-likeness (QED) is 0.663. The smallest absolute Gasteiger partial charge is 0.00299 e. The van der Waals surface area contributed by atoms with Gasteiger partial charge in [-0.25, -0.2) is 0 Å². The number of nitrogens with one attached hydrogen (secondary N) is 1. The van der Waals surface area contributed by atoms with Crippen molar-refractivity contribution in [3.63, 3.8) is 0 Å². The van der Waals surface area contributed by atoms with Gasteiger partial charge in [0.15, 0.2) is 0 Å². The van der Waals surface area contributed by atoms with Crippen LogP contribution in [0.15, 0.2) is 12.3 Å². The molecule has 0 amide bonds. The summed E-state index contributed by atoms with van der Waals surface area (Å²) in [5.74, 6) is 0.935. The maximum atomic E-state index is 3.56. The topological polar surface area (TPSA) is 12.0 Å². The van der Waals surface area contributed by atoms with E-state index in [0.29, 0.717) is 0 Å². The number of hydrogen-bond donors (Lipinski definition) is 1. The number of rotatable bonds is 3. The zero-order valence-corrected chi connectivity index (χ0v) is 8.70. The van der Waals surface area contributed by atoms with Gasteiger partial charge in [0.1, 0.15) is 0 Å². The summed E-state index contributed by atoms with van der Waals surface area (Å²) in [6, 6.07) is 0. The van der Waals surface area contributed by atoms with Crippen molar-refractivity contribution in [2.24, 2.45) is 5.92 Å². The predicted molar refractivity (Wildman–Crippen MR) is 53.6 cm³/mol. The maximum absolute atomic E-state index is 3.56. The Kier molecular flexibility index (Phi) is 11.4. The summed E-state index contributed by atoms with van der Waals surface area (Å²) in [4.78, 5) is 0. The lowest BCUT2D eigenvalue weighted by atomic mass is 10.1. The highest BCUT2D eigenvalue weighted by molar-refractivity contribution is 4.80. The molecule has 0 fully saturated rings. The van der Waals surface area contributed by atoms with Crippen LogP contribution in [-0.4, -0.2) is 7.05 Å². The third-order valence-corrected chi connectivity index (χ3v) is 1.82. The van der Waals surface area contributed by atoms with Gasteiger partial charge in [-0.05, 0) is 18.5 Å². The summed E-state index contributed by atoms with van der Waals surface area (Å²) < 4.78 is 0. The molecule has 0 aromatic heterocycles. The van der Waals surface area contributed by atoms with Gasteiger partial charge in [0, 0.05) is 7.05 Å². The molecule has 0 rings (SSSR count). The van der Waals surface area contributed by atoms with Crippen molar-refractivity contribution < 1.29 is 0 Å². The zero-order valence-electron chi connectivity index (χ0n) is 8.70. The Bertz CT molecular complexity index is 82.9. The summed E-state index contributed by atoms with van der Waals surface area (Å²) in [6.07, 6.45) is 2.66. The van der Waals surface area contributed by atoms with Crippen molar-refractivity contribution in [1.82, 2.24) is 5.32 Å². The van der Waals surface area contributed by atoms with Crippen LogP contribution >= 0.6 is 0 Å². The minimum Gasteiger partial charge on any atom is -0.392 e. The van der Waals surface area contributed by atoms with Crippen LogP contribution in [0.2, 0.25) is 0 Å². The third kappa shape index (κ3) is 17.7. The second-order valence-corrected chi connectivity index (χ2v) is 2.95. The van der Waals surface area contributed by atoms with Gasteiger partial charge in [-0.1, -0.05) is 40.2 Å². The van der Waals surface area contributed by atoms with Gasteiger partial charge >= 0.3 is 0 Å². The zero-order chi connectivity index (χ0) is 9.28. The molecule has 0 bridgehead atoms. The normalized spacial score (nSPS) is 8.55. The largest absolute Gasteiger partial charge is 0.392 e. The van der Waals surface area contributed by atoms with Crippen molar-refractivity contribution in [3.8, 4) is 0 Å². The highest BCUT2D eigenvalue weighted by Crippen LogP contribution is 2.02. The lowest BCUT2D eigenvalue weighted by Crippen LogP contribution is -1.98. The van der Waals surface area contributed by atoms with Crippen LogP contribution < -0.4 is 5.32 Å². The molecule has 0 aliphatic rings. The molecule has 0 aromatic rings. The lowest BCUT2D eigenvalue weighted by Gasteiger charge is -1.98. The molecule has 0 aromatic carbocycles. The fourth-order valence-electron chi connectivity index (χ4n) is 0.289. The summed E-state index contributed by atoms with van der Waals surface area (Å²) in [7, 11) is 1.85. The molecule has 0 aliphatic carbocycles. The Hall–Kier alpha value is -0.460. The minimum atomic E-state index is 0.935. The van der Waals surface area contributed by atoms with Gasteiger partial charge in [0.05, 0.1) is 0 Å². The van der Waals surface area contributed by atoms with Gasteiger partial charge in [0.25, 0.3) is 0 Å². The Balaban J connectivity index is 0. The molecule has 0 unspecified atom stereocenters.